The van der Waals surface area contributed by atoms with Crippen molar-refractivity contribution in [3.05, 3.63) is 29.8 Å². The predicted octanol–water partition coefficient (Wildman–Crippen LogP) is 3.01. The molecule has 0 aromatic heterocycles. The molecule has 0 heterocycles. The van der Waals surface area contributed by atoms with Crippen LogP contribution >= 0.6 is 0 Å². The van der Waals surface area contributed by atoms with Crippen LogP contribution in [0.5, 0.6) is 5.75 Å². The molecule has 0 aliphatic rings. The quantitative estimate of drug-likeness (QED) is 0.806. The third kappa shape index (κ3) is 6.40. The molecule has 0 spiro atoms. The van der Waals surface area contributed by atoms with Crippen molar-refractivity contribution in [1.29, 1.82) is 0 Å². The first kappa shape index (κ1) is 17.0. The maximum Gasteiger partial charge on any atom is 0.122 e. The summed E-state index contributed by atoms with van der Waals surface area (Å²) in [5, 5.41) is 13.4. The van der Waals surface area contributed by atoms with Gasteiger partial charge in [0.05, 0.1) is 13.2 Å². The Balaban J connectivity index is 2.42. The fourth-order valence-electron chi connectivity index (χ4n) is 2.39. The first-order chi connectivity index (χ1) is 9.31. The number of para-hydroxylation sites is 1. The van der Waals surface area contributed by atoms with E-state index in [4.69, 9.17) is 4.74 Å². The number of aliphatic hydroxyl groups excluding tert-OH is 1. The van der Waals surface area contributed by atoms with E-state index >= 15 is 0 Å². The normalized spacial score (nSPS) is 14.9. The zero-order valence-corrected chi connectivity index (χ0v) is 13.4. The van der Waals surface area contributed by atoms with E-state index in [2.05, 4.69) is 39.1 Å². The van der Waals surface area contributed by atoms with Crippen molar-refractivity contribution in [2.45, 2.75) is 52.7 Å². The van der Waals surface area contributed by atoms with Crippen molar-refractivity contribution >= 4 is 0 Å². The molecular weight excluding hydrogens is 250 g/mol. The van der Waals surface area contributed by atoms with Crippen LogP contribution in [0, 0.1) is 5.41 Å². The van der Waals surface area contributed by atoms with Gasteiger partial charge in [-0.2, -0.15) is 0 Å². The molecule has 0 bridgehead atoms. The summed E-state index contributed by atoms with van der Waals surface area (Å²) in [6.45, 7) is 9.21. The SMILES string of the molecule is COc1ccccc1CC(C)NCC(O)CC(C)(C)C. The summed E-state index contributed by atoms with van der Waals surface area (Å²) in [7, 11) is 1.70. The van der Waals surface area contributed by atoms with Crippen molar-refractivity contribution < 1.29 is 9.84 Å². The van der Waals surface area contributed by atoms with Crippen LogP contribution in [0.4, 0.5) is 0 Å². The molecule has 1 rings (SSSR count). The number of nitrogens with one attached hydrogen (secondary N) is 1. The predicted molar refractivity (Wildman–Crippen MR) is 84.2 cm³/mol. The van der Waals surface area contributed by atoms with Gasteiger partial charge in [-0.15, -0.1) is 0 Å². The lowest BCUT2D eigenvalue weighted by Gasteiger charge is -2.24. The third-order valence-corrected chi connectivity index (χ3v) is 3.27. The monoisotopic (exact) mass is 279 g/mol. The van der Waals surface area contributed by atoms with Gasteiger partial charge in [-0.3, -0.25) is 0 Å². The minimum absolute atomic E-state index is 0.160. The van der Waals surface area contributed by atoms with Gasteiger partial charge in [-0.05, 0) is 36.8 Å². The van der Waals surface area contributed by atoms with Gasteiger partial charge in [0.1, 0.15) is 5.75 Å². The standard InChI is InChI=1S/C17H29NO2/c1-13(18-12-15(19)11-17(2,3)4)10-14-8-6-7-9-16(14)20-5/h6-9,13,15,18-19H,10-12H2,1-5H3. The summed E-state index contributed by atoms with van der Waals surface area (Å²) >= 11 is 0. The first-order valence-electron chi connectivity index (χ1n) is 7.35. The van der Waals surface area contributed by atoms with Crippen LogP contribution in [0.15, 0.2) is 24.3 Å². The molecule has 0 aliphatic carbocycles. The number of ether oxygens (including phenoxy) is 1. The van der Waals surface area contributed by atoms with Crippen LogP contribution in [-0.4, -0.2) is 30.9 Å². The lowest BCUT2D eigenvalue weighted by molar-refractivity contribution is 0.117. The zero-order chi connectivity index (χ0) is 15.2. The molecule has 0 radical (unpaired) electrons. The highest BCUT2D eigenvalue weighted by molar-refractivity contribution is 5.33. The molecule has 20 heavy (non-hydrogen) atoms. The average Bonchev–Trinajstić information content (AvgIpc) is 2.35. The highest BCUT2D eigenvalue weighted by Gasteiger charge is 2.17. The number of rotatable bonds is 7. The van der Waals surface area contributed by atoms with E-state index < -0.39 is 0 Å². The molecule has 114 valence electrons. The third-order valence-electron chi connectivity index (χ3n) is 3.27. The Morgan fingerprint density at radius 1 is 1.25 bits per heavy atom. The summed E-state index contributed by atoms with van der Waals surface area (Å²) < 4.78 is 5.36. The van der Waals surface area contributed by atoms with Crippen molar-refractivity contribution in [3.8, 4) is 5.75 Å². The second-order valence-corrected chi connectivity index (χ2v) is 6.74. The number of hydrogen-bond acceptors (Lipinski definition) is 3. The van der Waals surface area contributed by atoms with Gasteiger partial charge in [-0.1, -0.05) is 39.0 Å². The summed E-state index contributed by atoms with van der Waals surface area (Å²) in [5.74, 6) is 0.927. The highest BCUT2D eigenvalue weighted by Crippen LogP contribution is 2.21. The molecule has 2 unspecified atom stereocenters. The Kier molecular flexibility index (Phi) is 6.50. The maximum atomic E-state index is 10.0. The van der Waals surface area contributed by atoms with Crippen LogP contribution in [-0.2, 0) is 6.42 Å². The Labute approximate surface area is 123 Å². The van der Waals surface area contributed by atoms with Crippen molar-refractivity contribution in [2.24, 2.45) is 5.41 Å². The van der Waals surface area contributed by atoms with Gasteiger partial charge in [-0.25, -0.2) is 0 Å². The molecule has 3 nitrogen and oxygen atoms in total. The fraction of sp³-hybridized carbons (Fsp3) is 0.647. The van der Waals surface area contributed by atoms with E-state index in [0.29, 0.717) is 12.6 Å². The summed E-state index contributed by atoms with van der Waals surface area (Å²) in [4.78, 5) is 0. The van der Waals surface area contributed by atoms with E-state index in [1.165, 1.54) is 5.56 Å². The van der Waals surface area contributed by atoms with Gasteiger partial charge in [0.15, 0.2) is 0 Å². The van der Waals surface area contributed by atoms with Gasteiger partial charge in [0.2, 0.25) is 0 Å². The second-order valence-electron chi connectivity index (χ2n) is 6.74. The minimum Gasteiger partial charge on any atom is -0.496 e. The zero-order valence-electron chi connectivity index (χ0n) is 13.4. The lowest BCUT2D eigenvalue weighted by Crippen LogP contribution is -2.36. The van der Waals surface area contributed by atoms with Gasteiger partial charge >= 0.3 is 0 Å². The average molecular weight is 279 g/mol. The van der Waals surface area contributed by atoms with E-state index in [9.17, 15) is 5.11 Å². The van der Waals surface area contributed by atoms with E-state index in [-0.39, 0.29) is 11.5 Å². The largest absolute Gasteiger partial charge is 0.496 e. The van der Waals surface area contributed by atoms with Crippen molar-refractivity contribution in [3.63, 3.8) is 0 Å². The van der Waals surface area contributed by atoms with Crippen molar-refractivity contribution in [2.75, 3.05) is 13.7 Å². The second kappa shape index (κ2) is 7.65. The molecule has 3 heteroatoms. The molecular formula is C17H29NO2. The van der Waals surface area contributed by atoms with Gasteiger partial charge in [0.25, 0.3) is 0 Å². The van der Waals surface area contributed by atoms with E-state index in [0.717, 1.165) is 18.6 Å². The molecule has 1 aromatic carbocycles. The summed E-state index contributed by atoms with van der Waals surface area (Å²) in [6, 6.07) is 8.38. The number of methoxy groups -OCH3 is 1. The Hall–Kier alpha value is -1.06. The lowest BCUT2D eigenvalue weighted by atomic mass is 9.89. The van der Waals surface area contributed by atoms with Crippen molar-refractivity contribution in [1.82, 2.24) is 5.32 Å². The van der Waals surface area contributed by atoms with E-state index in [1.54, 1.807) is 7.11 Å². The summed E-state index contributed by atoms with van der Waals surface area (Å²) in [5.41, 5.74) is 1.35. The molecule has 0 fully saturated rings. The van der Waals surface area contributed by atoms with Gasteiger partial charge < -0.3 is 15.2 Å². The van der Waals surface area contributed by atoms with Crippen LogP contribution < -0.4 is 10.1 Å². The van der Waals surface area contributed by atoms with Crippen LogP contribution in [0.25, 0.3) is 0 Å². The van der Waals surface area contributed by atoms with Gasteiger partial charge in [0, 0.05) is 12.6 Å². The minimum atomic E-state index is -0.296. The molecule has 0 saturated carbocycles. The fourth-order valence-corrected chi connectivity index (χ4v) is 2.39. The molecule has 2 N–H and O–H groups in total. The topological polar surface area (TPSA) is 41.5 Å². The van der Waals surface area contributed by atoms with E-state index in [1.807, 2.05) is 18.2 Å². The summed E-state index contributed by atoms with van der Waals surface area (Å²) in [6.07, 6.45) is 1.41. The highest BCUT2D eigenvalue weighted by atomic mass is 16.5. The molecule has 2 atom stereocenters. The van der Waals surface area contributed by atoms with Crippen LogP contribution in [0.2, 0.25) is 0 Å². The molecule has 0 aliphatic heterocycles. The number of hydrogen-bond donors (Lipinski definition) is 2. The molecule has 0 amide bonds. The maximum absolute atomic E-state index is 10.0. The Morgan fingerprint density at radius 2 is 1.90 bits per heavy atom. The first-order valence-corrected chi connectivity index (χ1v) is 7.35. The molecule has 0 saturated heterocycles. The smallest absolute Gasteiger partial charge is 0.122 e. The molecule has 1 aromatic rings. The number of benzene rings is 1. The van der Waals surface area contributed by atoms with Crippen LogP contribution in [0.3, 0.4) is 0 Å². The number of aliphatic hydroxyl groups is 1. The Bertz CT molecular complexity index is 398. The Morgan fingerprint density at radius 3 is 2.50 bits per heavy atom. The van der Waals surface area contributed by atoms with Crippen LogP contribution in [0.1, 0.15) is 39.7 Å².